The Morgan fingerprint density at radius 3 is 2.71 bits per heavy atom. The molecule has 17 heavy (non-hydrogen) atoms. The Morgan fingerprint density at radius 2 is 2.18 bits per heavy atom. The summed E-state index contributed by atoms with van der Waals surface area (Å²) in [7, 11) is 0. The van der Waals surface area contributed by atoms with Gasteiger partial charge in [-0.15, -0.1) is 12.4 Å². The smallest absolute Gasteiger partial charge is 0.283 e. The molecule has 0 amide bonds. The third-order valence-electron chi connectivity index (χ3n) is 2.88. The monoisotopic (exact) mass is 320 g/mol. The molecule has 4 nitrogen and oxygen atoms in total. The highest BCUT2D eigenvalue weighted by molar-refractivity contribution is 9.10. The Hall–Kier alpha value is -0.650. The Bertz CT molecular complexity index is 424. The standard InChI is InChI=1S/C11H13BrN2O2.ClH/c12-9-4-3-8(6-11(9)14(15)16)10(13)5-7-1-2-7;/h3-4,6-7,10H,1-2,5,13H2;1H/t10-;/m1./s1. The van der Waals surface area contributed by atoms with E-state index in [9.17, 15) is 10.1 Å². The molecule has 0 saturated heterocycles. The summed E-state index contributed by atoms with van der Waals surface area (Å²) in [5, 5.41) is 10.8. The van der Waals surface area contributed by atoms with Crippen LogP contribution < -0.4 is 5.73 Å². The number of benzene rings is 1. The minimum Gasteiger partial charge on any atom is -0.324 e. The molecule has 0 aromatic heterocycles. The fraction of sp³-hybridized carbons (Fsp3) is 0.455. The minimum absolute atomic E-state index is 0. The molecule has 1 atom stereocenters. The van der Waals surface area contributed by atoms with Crippen molar-refractivity contribution in [2.75, 3.05) is 0 Å². The zero-order valence-electron chi connectivity index (χ0n) is 9.14. The van der Waals surface area contributed by atoms with Gasteiger partial charge in [0.05, 0.1) is 9.40 Å². The van der Waals surface area contributed by atoms with E-state index in [4.69, 9.17) is 5.73 Å². The maximum absolute atomic E-state index is 10.8. The predicted molar refractivity (Wildman–Crippen MR) is 72.3 cm³/mol. The van der Waals surface area contributed by atoms with E-state index in [1.54, 1.807) is 12.1 Å². The van der Waals surface area contributed by atoms with Gasteiger partial charge in [-0.2, -0.15) is 0 Å². The molecule has 1 fully saturated rings. The number of nitrogens with two attached hydrogens (primary N) is 1. The van der Waals surface area contributed by atoms with Gasteiger partial charge in [0, 0.05) is 12.1 Å². The molecule has 1 aliphatic rings. The van der Waals surface area contributed by atoms with Crippen LogP contribution in [0.4, 0.5) is 5.69 Å². The Balaban J connectivity index is 0.00000144. The number of nitrogens with zero attached hydrogens (tertiary/aromatic N) is 1. The fourth-order valence-electron chi connectivity index (χ4n) is 1.75. The van der Waals surface area contributed by atoms with E-state index in [2.05, 4.69) is 15.9 Å². The molecule has 1 aromatic rings. The van der Waals surface area contributed by atoms with Crippen LogP contribution in [-0.2, 0) is 0 Å². The van der Waals surface area contributed by atoms with Crippen LogP contribution >= 0.6 is 28.3 Å². The fourth-order valence-corrected chi connectivity index (χ4v) is 2.14. The summed E-state index contributed by atoms with van der Waals surface area (Å²) in [6.07, 6.45) is 3.41. The van der Waals surface area contributed by atoms with Crippen molar-refractivity contribution in [3.63, 3.8) is 0 Å². The molecule has 0 heterocycles. The summed E-state index contributed by atoms with van der Waals surface area (Å²) in [6, 6.07) is 5.03. The third-order valence-corrected chi connectivity index (χ3v) is 3.55. The van der Waals surface area contributed by atoms with Gasteiger partial charge in [-0.1, -0.05) is 18.9 Å². The van der Waals surface area contributed by atoms with Crippen molar-refractivity contribution < 1.29 is 4.92 Å². The largest absolute Gasteiger partial charge is 0.324 e. The topological polar surface area (TPSA) is 69.2 Å². The van der Waals surface area contributed by atoms with Gasteiger partial charge >= 0.3 is 0 Å². The molecule has 1 aromatic carbocycles. The van der Waals surface area contributed by atoms with Gasteiger partial charge in [-0.25, -0.2) is 0 Å². The van der Waals surface area contributed by atoms with E-state index >= 15 is 0 Å². The van der Waals surface area contributed by atoms with Crippen LogP contribution in [0.15, 0.2) is 22.7 Å². The van der Waals surface area contributed by atoms with Gasteiger partial charge in [0.2, 0.25) is 0 Å². The second kappa shape index (κ2) is 5.80. The average molecular weight is 322 g/mol. The van der Waals surface area contributed by atoms with Gasteiger partial charge < -0.3 is 5.73 Å². The van der Waals surface area contributed by atoms with Crippen LogP contribution in [0.1, 0.15) is 30.9 Å². The molecule has 0 spiro atoms. The first-order chi connectivity index (χ1) is 7.58. The molecule has 2 rings (SSSR count). The minimum atomic E-state index is -0.391. The quantitative estimate of drug-likeness (QED) is 0.680. The van der Waals surface area contributed by atoms with E-state index in [1.165, 1.54) is 12.8 Å². The van der Waals surface area contributed by atoms with Gasteiger partial charge in [-0.05, 0) is 39.9 Å². The van der Waals surface area contributed by atoms with Gasteiger partial charge in [0.15, 0.2) is 0 Å². The van der Waals surface area contributed by atoms with E-state index in [0.717, 1.165) is 17.9 Å². The van der Waals surface area contributed by atoms with E-state index in [1.807, 2.05) is 6.07 Å². The van der Waals surface area contributed by atoms with Crippen molar-refractivity contribution >= 4 is 34.0 Å². The number of hydrogen-bond donors (Lipinski definition) is 1. The molecule has 2 N–H and O–H groups in total. The molecular formula is C11H14BrClN2O2. The third kappa shape index (κ3) is 3.66. The highest BCUT2D eigenvalue weighted by Crippen LogP contribution is 2.37. The highest BCUT2D eigenvalue weighted by Gasteiger charge is 2.25. The molecule has 1 aliphatic carbocycles. The molecule has 1 saturated carbocycles. The predicted octanol–water partition coefficient (Wildman–Crippen LogP) is 3.58. The summed E-state index contributed by atoms with van der Waals surface area (Å²) in [5.74, 6) is 0.720. The second-order valence-electron chi connectivity index (χ2n) is 4.25. The lowest BCUT2D eigenvalue weighted by Gasteiger charge is -2.11. The van der Waals surface area contributed by atoms with Crippen molar-refractivity contribution in [1.29, 1.82) is 0 Å². The Labute approximate surface area is 114 Å². The Morgan fingerprint density at radius 1 is 1.53 bits per heavy atom. The summed E-state index contributed by atoms with van der Waals surface area (Å²) < 4.78 is 0.500. The lowest BCUT2D eigenvalue weighted by Crippen LogP contribution is -2.11. The van der Waals surface area contributed by atoms with E-state index in [0.29, 0.717) is 4.47 Å². The van der Waals surface area contributed by atoms with Crippen molar-refractivity contribution in [2.45, 2.75) is 25.3 Å². The Kier molecular flexibility index (Phi) is 4.91. The second-order valence-corrected chi connectivity index (χ2v) is 5.11. The molecule has 94 valence electrons. The van der Waals surface area contributed by atoms with E-state index in [-0.39, 0.29) is 24.1 Å². The van der Waals surface area contributed by atoms with Crippen molar-refractivity contribution in [1.82, 2.24) is 0 Å². The molecular weight excluding hydrogens is 307 g/mol. The van der Waals surface area contributed by atoms with E-state index < -0.39 is 4.92 Å². The first-order valence-corrected chi connectivity index (χ1v) is 6.06. The summed E-state index contributed by atoms with van der Waals surface area (Å²) >= 11 is 3.16. The number of rotatable bonds is 4. The number of halogens is 2. The van der Waals surface area contributed by atoms with Crippen molar-refractivity contribution in [2.24, 2.45) is 11.7 Å². The molecule has 0 aliphatic heterocycles. The summed E-state index contributed by atoms with van der Waals surface area (Å²) in [5.41, 5.74) is 6.95. The first kappa shape index (κ1) is 14.4. The number of nitro benzene ring substituents is 1. The highest BCUT2D eigenvalue weighted by atomic mass is 79.9. The van der Waals surface area contributed by atoms with Gasteiger partial charge in [-0.3, -0.25) is 10.1 Å². The van der Waals surface area contributed by atoms with Crippen molar-refractivity contribution in [3.05, 3.63) is 38.3 Å². The van der Waals surface area contributed by atoms with Gasteiger partial charge in [0.25, 0.3) is 5.69 Å². The van der Waals surface area contributed by atoms with Crippen LogP contribution in [0.2, 0.25) is 0 Å². The SMILES string of the molecule is Cl.N[C@H](CC1CC1)c1ccc(Br)c([N+](=O)[O-])c1. The zero-order valence-corrected chi connectivity index (χ0v) is 11.5. The lowest BCUT2D eigenvalue weighted by molar-refractivity contribution is -0.385. The van der Waals surface area contributed by atoms with Crippen LogP contribution in [0.5, 0.6) is 0 Å². The van der Waals surface area contributed by atoms with Crippen LogP contribution in [0, 0.1) is 16.0 Å². The normalized spacial score (nSPS) is 16.1. The molecule has 0 radical (unpaired) electrons. The molecule has 0 bridgehead atoms. The number of hydrogen-bond acceptors (Lipinski definition) is 3. The number of nitro groups is 1. The maximum atomic E-state index is 10.8. The lowest BCUT2D eigenvalue weighted by atomic mass is 10.0. The molecule has 6 heteroatoms. The zero-order chi connectivity index (χ0) is 11.7. The van der Waals surface area contributed by atoms with Crippen LogP contribution in [-0.4, -0.2) is 4.92 Å². The maximum Gasteiger partial charge on any atom is 0.283 e. The van der Waals surface area contributed by atoms with Crippen molar-refractivity contribution in [3.8, 4) is 0 Å². The first-order valence-electron chi connectivity index (χ1n) is 5.27. The average Bonchev–Trinajstić information content (AvgIpc) is 3.01. The molecule has 0 unspecified atom stereocenters. The summed E-state index contributed by atoms with van der Waals surface area (Å²) in [4.78, 5) is 10.4. The van der Waals surface area contributed by atoms with Crippen LogP contribution in [0.25, 0.3) is 0 Å². The van der Waals surface area contributed by atoms with Crippen LogP contribution in [0.3, 0.4) is 0 Å². The summed E-state index contributed by atoms with van der Waals surface area (Å²) in [6.45, 7) is 0. The van der Waals surface area contributed by atoms with Gasteiger partial charge in [0.1, 0.15) is 0 Å².